The molecular weight excluding hydrogens is 296 g/mol. The highest BCUT2D eigenvalue weighted by molar-refractivity contribution is 7.86. The predicted octanol–water partition coefficient (Wildman–Crippen LogP) is 1.04. The second kappa shape index (κ2) is 4.17. The summed E-state index contributed by atoms with van der Waals surface area (Å²) in [5.74, 6) is -0.720. The van der Waals surface area contributed by atoms with E-state index in [4.69, 9.17) is 9.11 Å². The van der Waals surface area contributed by atoms with Crippen LogP contribution in [0, 0.1) is 0 Å². The largest absolute Gasteiger partial charge is 0.506 e. The molecular formula is C10H8O7S2. The van der Waals surface area contributed by atoms with Crippen molar-refractivity contribution in [2.24, 2.45) is 0 Å². The minimum absolute atomic E-state index is 0.129. The molecule has 0 radical (unpaired) electrons. The van der Waals surface area contributed by atoms with E-state index in [1.54, 1.807) is 0 Å². The van der Waals surface area contributed by atoms with E-state index >= 15 is 0 Å². The normalized spacial score (nSPS) is 12.7. The van der Waals surface area contributed by atoms with Crippen LogP contribution in [0.3, 0.4) is 0 Å². The Hall–Kier alpha value is -1.68. The maximum Gasteiger partial charge on any atom is 0.298 e. The third kappa shape index (κ3) is 2.40. The summed E-state index contributed by atoms with van der Waals surface area (Å²) in [6.07, 6.45) is 0. The number of aromatic hydroxyl groups is 1. The van der Waals surface area contributed by atoms with E-state index in [2.05, 4.69) is 0 Å². The molecule has 0 unspecified atom stereocenters. The van der Waals surface area contributed by atoms with E-state index in [1.807, 2.05) is 0 Å². The Morgan fingerprint density at radius 2 is 1.42 bits per heavy atom. The number of fused-ring (bicyclic) bond motifs is 1. The van der Waals surface area contributed by atoms with E-state index < -0.39 is 35.8 Å². The molecule has 0 aromatic heterocycles. The number of hydrogen-bond donors (Lipinski definition) is 3. The maximum absolute atomic E-state index is 11.2. The lowest BCUT2D eigenvalue weighted by molar-refractivity contribution is 0.445. The molecule has 19 heavy (non-hydrogen) atoms. The van der Waals surface area contributed by atoms with Crippen molar-refractivity contribution >= 4 is 31.0 Å². The van der Waals surface area contributed by atoms with Gasteiger partial charge in [0, 0.05) is 10.8 Å². The van der Waals surface area contributed by atoms with Crippen molar-refractivity contribution in [3.05, 3.63) is 30.3 Å². The van der Waals surface area contributed by atoms with Gasteiger partial charge in [-0.3, -0.25) is 9.11 Å². The average Bonchev–Trinajstić information content (AvgIpc) is 2.24. The van der Waals surface area contributed by atoms with Crippen LogP contribution in [-0.4, -0.2) is 31.0 Å². The SMILES string of the molecule is O=S(=O)(O)c1cccc2c(S(=O)(=O)O)c(O)ccc12. The number of phenols is 1. The number of rotatable bonds is 2. The third-order valence-corrected chi connectivity index (χ3v) is 4.34. The lowest BCUT2D eigenvalue weighted by atomic mass is 10.1. The van der Waals surface area contributed by atoms with E-state index in [-0.39, 0.29) is 10.8 Å². The molecule has 3 N–H and O–H groups in total. The fraction of sp³-hybridized carbons (Fsp3) is 0. The Morgan fingerprint density at radius 3 is 1.95 bits per heavy atom. The van der Waals surface area contributed by atoms with Gasteiger partial charge in [-0.2, -0.15) is 16.8 Å². The Kier molecular flexibility index (Phi) is 3.01. The van der Waals surface area contributed by atoms with Crippen LogP contribution in [-0.2, 0) is 20.2 Å². The maximum atomic E-state index is 11.2. The van der Waals surface area contributed by atoms with Gasteiger partial charge in [0.15, 0.2) is 0 Å². The Bertz CT molecular complexity index is 866. The number of hydrogen-bond acceptors (Lipinski definition) is 5. The van der Waals surface area contributed by atoms with Gasteiger partial charge in [-0.15, -0.1) is 0 Å². The molecule has 7 nitrogen and oxygen atoms in total. The molecule has 0 aliphatic rings. The summed E-state index contributed by atoms with van der Waals surface area (Å²) < 4.78 is 62.9. The van der Waals surface area contributed by atoms with Crippen molar-refractivity contribution in [1.29, 1.82) is 0 Å². The van der Waals surface area contributed by atoms with Crippen LogP contribution in [0.2, 0.25) is 0 Å². The first kappa shape index (κ1) is 13.7. The van der Waals surface area contributed by atoms with Crippen LogP contribution in [0.15, 0.2) is 40.1 Å². The van der Waals surface area contributed by atoms with Crippen LogP contribution >= 0.6 is 0 Å². The average molecular weight is 304 g/mol. The van der Waals surface area contributed by atoms with Crippen molar-refractivity contribution in [3.63, 3.8) is 0 Å². The van der Waals surface area contributed by atoms with E-state index in [9.17, 15) is 21.9 Å². The first-order valence-electron chi connectivity index (χ1n) is 4.82. The van der Waals surface area contributed by atoms with Crippen LogP contribution in [0.25, 0.3) is 10.8 Å². The smallest absolute Gasteiger partial charge is 0.298 e. The number of benzene rings is 2. The fourth-order valence-electron chi connectivity index (χ4n) is 1.79. The molecule has 0 saturated carbocycles. The highest BCUT2D eigenvalue weighted by atomic mass is 32.2. The van der Waals surface area contributed by atoms with Gasteiger partial charge in [0.25, 0.3) is 20.2 Å². The molecule has 0 heterocycles. The van der Waals surface area contributed by atoms with E-state index in [0.29, 0.717) is 0 Å². The Balaban J connectivity index is 3.07. The molecule has 0 aliphatic heterocycles. The molecule has 0 aliphatic carbocycles. The zero-order chi connectivity index (χ0) is 14.4. The molecule has 0 saturated heterocycles. The van der Waals surface area contributed by atoms with Crippen molar-refractivity contribution < 1.29 is 31.0 Å². The summed E-state index contributed by atoms with van der Waals surface area (Å²) >= 11 is 0. The summed E-state index contributed by atoms with van der Waals surface area (Å²) in [5, 5.41) is 9.15. The van der Waals surface area contributed by atoms with Crippen molar-refractivity contribution in [3.8, 4) is 5.75 Å². The van der Waals surface area contributed by atoms with Gasteiger partial charge < -0.3 is 5.11 Å². The summed E-state index contributed by atoms with van der Waals surface area (Å²) in [5.41, 5.74) is 0. The van der Waals surface area contributed by atoms with Gasteiger partial charge in [0.1, 0.15) is 15.5 Å². The van der Waals surface area contributed by atoms with Gasteiger partial charge >= 0.3 is 0 Å². The zero-order valence-electron chi connectivity index (χ0n) is 9.18. The van der Waals surface area contributed by atoms with Gasteiger partial charge in [-0.1, -0.05) is 12.1 Å². The summed E-state index contributed by atoms with van der Waals surface area (Å²) in [6.45, 7) is 0. The van der Waals surface area contributed by atoms with Gasteiger partial charge in [0.05, 0.1) is 0 Å². The lowest BCUT2D eigenvalue weighted by Crippen LogP contribution is -2.03. The van der Waals surface area contributed by atoms with Crippen LogP contribution in [0.5, 0.6) is 5.75 Å². The third-order valence-electron chi connectivity index (χ3n) is 2.49. The lowest BCUT2D eigenvalue weighted by Gasteiger charge is -2.08. The fourth-order valence-corrected chi connectivity index (χ4v) is 3.28. The summed E-state index contributed by atoms with van der Waals surface area (Å²) in [4.78, 5) is -1.33. The van der Waals surface area contributed by atoms with Crippen molar-refractivity contribution in [1.82, 2.24) is 0 Å². The highest BCUT2D eigenvalue weighted by Crippen LogP contribution is 2.34. The van der Waals surface area contributed by atoms with Crippen LogP contribution < -0.4 is 0 Å². The van der Waals surface area contributed by atoms with Gasteiger partial charge in [0.2, 0.25) is 0 Å². The Morgan fingerprint density at radius 1 is 0.789 bits per heavy atom. The summed E-state index contributed by atoms with van der Waals surface area (Å²) in [6, 6.07) is 5.50. The molecule has 102 valence electrons. The minimum atomic E-state index is -4.75. The van der Waals surface area contributed by atoms with Gasteiger partial charge in [-0.05, 0) is 18.2 Å². The molecule has 0 amide bonds. The van der Waals surface area contributed by atoms with Crippen LogP contribution in [0.4, 0.5) is 0 Å². The first-order valence-corrected chi connectivity index (χ1v) is 7.70. The monoisotopic (exact) mass is 304 g/mol. The molecule has 2 aromatic rings. The number of phenolic OH excluding ortho intramolecular Hbond substituents is 1. The molecule has 0 bridgehead atoms. The first-order chi connectivity index (χ1) is 8.62. The molecule has 0 fully saturated rings. The molecule has 2 aromatic carbocycles. The second-order valence-electron chi connectivity index (χ2n) is 3.72. The van der Waals surface area contributed by atoms with Gasteiger partial charge in [-0.25, -0.2) is 0 Å². The molecule has 0 atom stereocenters. The quantitative estimate of drug-likeness (QED) is 0.707. The Labute approximate surface area is 108 Å². The van der Waals surface area contributed by atoms with E-state index in [0.717, 1.165) is 18.2 Å². The van der Waals surface area contributed by atoms with Crippen molar-refractivity contribution in [2.45, 2.75) is 9.79 Å². The predicted molar refractivity (Wildman–Crippen MR) is 65.2 cm³/mol. The summed E-state index contributed by atoms with van der Waals surface area (Å²) in [7, 11) is -9.31. The van der Waals surface area contributed by atoms with E-state index in [1.165, 1.54) is 12.1 Å². The molecule has 0 spiro atoms. The second-order valence-corrected chi connectivity index (χ2v) is 6.46. The molecule has 9 heteroatoms. The van der Waals surface area contributed by atoms with Crippen LogP contribution in [0.1, 0.15) is 0 Å². The highest BCUT2D eigenvalue weighted by Gasteiger charge is 2.22. The molecule has 2 rings (SSSR count). The standard InChI is InChI=1S/C10H8O7S2/c11-8-5-4-6-7(10(8)19(15,16)17)2-1-3-9(6)18(12,13)14/h1-5,11H,(H,12,13,14)(H,15,16,17). The zero-order valence-corrected chi connectivity index (χ0v) is 10.8. The topological polar surface area (TPSA) is 129 Å². The van der Waals surface area contributed by atoms with Crippen molar-refractivity contribution in [2.75, 3.05) is 0 Å². The minimum Gasteiger partial charge on any atom is -0.506 e.